The molecule has 1 aromatic carbocycles. The van der Waals surface area contributed by atoms with Crippen molar-refractivity contribution >= 4 is 10.9 Å². The topological polar surface area (TPSA) is 28.4 Å². The molecule has 1 unspecified atom stereocenters. The van der Waals surface area contributed by atoms with Crippen LogP contribution in [0.1, 0.15) is 29.3 Å². The van der Waals surface area contributed by atoms with Gasteiger partial charge >= 0.3 is 0 Å². The lowest BCUT2D eigenvalue weighted by Gasteiger charge is -2.08. The van der Waals surface area contributed by atoms with Gasteiger partial charge in [-0.1, -0.05) is 6.92 Å². The van der Waals surface area contributed by atoms with Crippen molar-refractivity contribution < 1.29 is 5.11 Å². The number of hydrogen-bond acceptors (Lipinski definition) is 2. The second-order valence-electron chi connectivity index (χ2n) is 6.43. The van der Waals surface area contributed by atoms with E-state index in [1.54, 1.807) is 0 Å². The van der Waals surface area contributed by atoms with E-state index in [2.05, 4.69) is 49.5 Å². The predicted octanol–water partition coefficient (Wildman–Crippen LogP) is 2.60. The van der Waals surface area contributed by atoms with Crippen LogP contribution in [0.5, 0.6) is 0 Å². The minimum atomic E-state index is 0.253. The van der Waals surface area contributed by atoms with Gasteiger partial charge in [0.15, 0.2) is 0 Å². The van der Waals surface area contributed by atoms with Gasteiger partial charge in [-0.15, -0.1) is 0 Å². The number of aryl methyl sites for hydroxylation is 1. The monoisotopic (exact) mass is 272 g/mol. The van der Waals surface area contributed by atoms with Crippen molar-refractivity contribution in [3.63, 3.8) is 0 Å². The normalized spacial score (nSPS) is 16.9. The van der Waals surface area contributed by atoms with Gasteiger partial charge in [0, 0.05) is 43.3 Å². The molecule has 20 heavy (non-hydrogen) atoms. The molecular formula is C17H24N2O. The Balaban J connectivity index is 2.15. The summed E-state index contributed by atoms with van der Waals surface area (Å²) in [6.45, 7) is 6.66. The number of rotatable bonds is 3. The van der Waals surface area contributed by atoms with Crippen LogP contribution in [-0.2, 0) is 26.6 Å². The lowest BCUT2D eigenvalue weighted by Crippen LogP contribution is -2.07. The zero-order valence-electron chi connectivity index (χ0n) is 12.9. The van der Waals surface area contributed by atoms with Crippen molar-refractivity contribution in [3.8, 4) is 0 Å². The summed E-state index contributed by atoms with van der Waals surface area (Å²) < 4.78 is 2.30. The summed E-state index contributed by atoms with van der Waals surface area (Å²) in [4.78, 5) is 2.35. The van der Waals surface area contributed by atoms with Gasteiger partial charge in [-0.3, -0.25) is 4.90 Å². The molecule has 1 aromatic heterocycles. The second kappa shape index (κ2) is 4.90. The molecular weight excluding hydrogens is 248 g/mol. The van der Waals surface area contributed by atoms with Crippen molar-refractivity contribution in [3.05, 3.63) is 34.5 Å². The van der Waals surface area contributed by atoms with Crippen molar-refractivity contribution in [2.75, 3.05) is 13.7 Å². The van der Waals surface area contributed by atoms with Gasteiger partial charge in [0.2, 0.25) is 0 Å². The number of aliphatic hydroxyl groups is 1. The van der Waals surface area contributed by atoms with Crippen LogP contribution < -0.4 is 0 Å². The lowest BCUT2D eigenvalue weighted by molar-refractivity contribution is 0.237. The molecule has 1 N–H and O–H groups in total. The van der Waals surface area contributed by atoms with E-state index >= 15 is 0 Å². The van der Waals surface area contributed by atoms with Crippen molar-refractivity contribution in [1.29, 1.82) is 0 Å². The van der Waals surface area contributed by atoms with Gasteiger partial charge in [0.1, 0.15) is 0 Å². The molecule has 3 nitrogen and oxygen atoms in total. The fourth-order valence-corrected chi connectivity index (χ4v) is 3.38. The van der Waals surface area contributed by atoms with E-state index in [1.807, 2.05) is 0 Å². The Labute approximate surface area is 120 Å². The summed E-state index contributed by atoms with van der Waals surface area (Å²) in [6, 6.07) is 4.73. The molecule has 3 heteroatoms. The highest BCUT2D eigenvalue weighted by Crippen LogP contribution is 2.32. The summed E-state index contributed by atoms with van der Waals surface area (Å²) >= 11 is 0. The van der Waals surface area contributed by atoms with Crippen molar-refractivity contribution in [1.82, 2.24) is 9.47 Å². The molecule has 1 aliphatic rings. The quantitative estimate of drug-likeness (QED) is 0.930. The van der Waals surface area contributed by atoms with Crippen LogP contribution in [0.2, 0.25) is 0 Å². The summed E-state index contributed by atoms with van der Waals surface area (Å²) in [7, 11) is 4.32. The summed E-state index contributed by atoms with van der Waals surface area (Å²) in [6.07, 6.45) is 0.953. The molecule has 0 radical (unpaired) electrons. The molecule has 108 valence electrons. The molecule has 0 fully saturated rings. The third-order valence-electron chi connectivity index (χ3n) is 4.69. The van der Waals surface area contributed by atoms with Crippen LogP contribution in [0.4, 0.5) is 0 Å². The molecule has 2 aromatic rings. The highest BCUT2D eigenvalue weighted by atomic mass is 16.3. The van der Waals surface area contributed by atoms with Crippen LogP contribution in [-0.4, -0.2) is 28.2 Å². The van der Waals surface area contributed by atoms with Gasteiger partial charge in [-0.2, -0.15) is 0 Å². The summed E-state index contributed by atoms with van der Waals surface area (Å²) in [5.74, 6) is 0.315. The Morgan fingerprint density at radius 1 is 1.20 bits per heavy atom. The van der Waals surface area contributed by atoms with E-state index in [4.69, 9.17) is 0 Å². The van der Waals surface area contributed by atoms with Gasteiger partial charge < -0.3 is 9.67 Å². The number of nitrogens with zero attached hydrogens (tertiary/aromatic N) is 2. The van der Waals surface area contributed by atoms with Crippen LogP contribution in [0, 0.1) is 12.8 Å². The number of hydrogen-bond donors (Lipinski definition) is 1. The maximum atomic E-state index is 9.34. The largest absolute Gasteiger partial charge is 0.396 e. The minimum absolute atomic E-state index is 0.253. The second-order valence-corrected chi connectivity index (χ2v) is 6.43. The number of fused-ring (bicyclic) bond motifs is 2. The first-order chi connectivity index (χ1) is 9.51. The fraction of sp³-hybridized carbons (Fsp3) is 0.529. The van der Waals surface area contributed by atoms with Crippen LogP contribution in [0.15, 0.2) is 12.1 Å². The van der Waals surface area contributed by atoms with Crippen molar-refractivity contribution in [2.45, 2.75) is 33.4 Å². The molecule has 0 bridgehead atoms. The Hall–Kier alpha value is -1.32. The zero-order chi connectivity index (χ0) is 14.4. The number of benzene rings is 1. The lowest BCUT2D eigenvalue weighted by atomic mass is 9.97. The first kappa shape index (κ1) is 13.7. The van der Waals surface area contributed by atoms with E-state index in [-0.39, 0.29) is 6.61 Å². The highest BCUT2D eigenvalue weighted by molar-refractivity contribution is 5.87. The van der Waals surface area contributed by atoms with Crippen LogP contribution in [0.25, 0.3) is 10.9 Å². The Morgan fingerprint density at radius 3 is 2.50 bits per heavy atom. The van der Waals surface area contributed by atoms with Gasteiger partial charge in [0.05, 0.1) is 0 Å². The average Bonchev–Trinajstić information content (AvgIpc) is 2.89. The van der Waals surface area contributed by atoms with Gasteiger partial charge in [0.25, 0.3) is 0 Å². The van der Waals surface area contributed by atoms with Crippen molar-refractivity contribution in [2.24, 2.45) is 13.0 Å². The molecule has 1 aliphatic heterocycles. The number of aromatic nitrogens is 1. The SMILES string of the molecule is Cc1c(CC(C)CO)c2cc3c(cc2n1C)CN(C)C3. The van der Waals surface area contributed by atoms with Crippen LogP contribution in [0.3, 0.4) is 0 Å². The molecule has 0 saturated carbocycles. The zero-order valence-corrected chi connectivity index (χ0v) is 12.9. The van der Waals surface area contributed by atoms with E-state index in [0.29, 0.717) is 5.92 Å². The highest BCUT2D eigenvalue weighted by Gasteiger charge is 2.20. The predicted molar refractivity (Wildman–Crippen MR) is 82.8 cm³/mol. The fourth-order valence-electron chi connectivity index (χ4n) is 3.38. The molecule has 3 rings (SSSR count). The number of aliphatic hydroxyl groups excluding tert-OH is 1. The Kier molecular flexibility index (Phi) is 3.35. The van der Waals surface area contributed by atoms with Gasteiger partial charge in [-0.05, 0) is 55.1 Å². The van der Waals surface area contributed by atoms with E-state index < -0.39 is 0 Å². The summed E-state index contributed by atoms with van der Waals surface area (Å²) in [5.41, 5.74) is 6.99. The van der Waals surface area contributed by atoms with Crippen LogP contribution >= 0.6 is 0 Å². The molecule has 2 heterocycles. The van der Waals surface area contributed by atoms with E-state index in [0.717, 1.165) is 19.5 Å². The molecule has 0 aliphatic carbocycles. The smallest absolute Gasteiger partial charge is 0.0486 e. The van der Waals surface area contributed by atoms with E-state index in [9.17, 15) is 5.11 Å². The maximum Gasteiger partial charge on any atom is 0.0486 e. The third kappa shape index (κ3) is 2.05. The summed E-state index contributed by atoms with van der Waals surface area (Å²) in [5, 5.41) is 10.7. The molecule has 0 spiro atoms. The average molecular weight is 272 g/mol. The van der Waals surface area contributed by atoms with Gasteiger partial charge in [-0.25, -0.2) is 0 Å². The first-order valence-corrected chi connectivity index (χ1v) is 7.40. The third-order valence-corrected chi connectivity index (χ3v) is 4.69. The molecule has 0 amide bonds. The Morgan fingerprint density at radius 2 is 1.85 bits per heavy atom. The Bertz CT molecular complexity index is 657. The first-order valence-electron chi connectivity index (χ1n) is 7.40. The van der Waals surface area contributed by atoms with E-state index in [1.165, 1.54) is 33.3 Å². The molecule has 1 atom stereocenters. The standard InChI is InChI=1S/C17H24N2O/c1-11(10-20)5-15-12(2)19(4)17-7-14-9-18(3)8-13(14)6-16(15)17/h6-7,11,20H,5,8-10H2,1-4H3. The molecule has 0 saturated heterocycles. The maximum absolute atomic E-state index is 9.34. The minimum Gasteiger partial charge on any atom is -0.396 e.